The van der Waals surface area contributed by atoms with E-state index in [2.05, 4.69) is 10.3 Å². The van der Waals surface area contributed by atoms with Gasteiger partial charge < -0.3 is 24.6 Å². The van der Waals surface area contributed by atoms with Crippen molar-refractivity contribution in [1.29, 1.82) is 0 Å². The summed E-state index contributed by atoms with van der Waals surface area (Å²) in [6.07, 6.45) is 1.48. The number of aromatic hydroxyl groups is 1. The van der Waals surface area contributed by atoms with E-state index in [0.29, 0.717) is 13.0 Å². The van der Waals surface area contributed by atoms with Crippen LogP contribution in [0.1, 0.15) is 29.9 Å². The van der Waals surface area contributed by atoms with Crippen molar-refractivity contribution in [2.45, 2.75) is 32.4 Å². The Bertz CT molecular complexity index is 1110. The van der Waals surface area contributed by atoms with E-state index in [9.17, 15) is 14.7 Å². The smallest absolute Gasteiger partial charge is 0.328 e. The highest BCUT2D eigenvalue weighted by molar-refractivity contribution is 5.97. The predicted molar refractivity (Wildman–Crippen MR) is 131 cm³/mol. The highest BCUT2D eigenvalue weighted by Gasteiger charge is 2.27. The van der Waals surface area contributed by atoms with Gasteiger partial charge in [-0.15, -0.1) is 0 Å². The summed E-state index contributed by atoms with van der Waals surface area (Å²) >= 11 is 0. The zero-order chi connectivity index (χ0) is 25.2. The van der Waals surface area contributed by atoms with Crippen molar-refractivity contribution in [1.82, 2.24) is 10.3 Å². The van der Waals surface area contributed by atoms with Crippen molar-refractivity contribution < 1.29 is 28.9 Å². The minimum Gasteiger partial charge on any atom is -0.503 e. The fourth-order valence-corrected chi connectivity index (χ4v) is 3.47. The zero-order valence-corrected chi connectivity index (χ0v) is 20.0. The first-order valence-electron chi connectivity index (χ1n) is 11.3. The number of ether oxygens (including phenoxy) is 3. The van der Waals surface area contributed by atoms with Gasteiger partial charge in [0.25, 0.3) is 5.91 Å². The number of hydrogen-bond donors (Lipinski definition) is 2. The van der Waals surface area contributed by atoms with Gasteiger partial charge in [-0.1, -0.05) is 48.5 Å². The van der Waals surface area contributed by atoms with Crippen LogP contribution in [0.5, 0.6) is 17.2 Å². The Morgan fingerprint density at radius 1 is 1.00 bits per heavy atom. The second-order valence-corrected chi connectivity index (χ2v) is 8.12. The molecule has 2 N–H and O–H groups in total. The summed E-state index contributed by atoms with van der Waals surface area (Å²) in [5, 5.41) is 12.7. The number of carbonyl (C=O) groups is 2. The van der Waals surface area contributed by atoms with Crippen LogP contribution < -0.4 is 14.8 Å². The van der Waals surface area contributed by atoms with Crippen molar-refractivity contribution >= 4 is 11.9 Å². The molecular weight excluding hydrogens is 448 g/mol. The highest BCUT2D eigenvalue weighted by Crippen LogP contribution is 2.27. The van der Waals surface area contributed by atoms with Gasteiger partial charge in [0.15, 0.2) is 17.2 Å². The van der Waals surface area contributed by atoms with Crippen molar-refractivity contribution in [2.24, 2.45) is 5.92 Å². The maximum absolute atomic E-state index is 12.8. The Balaban J connectivity index is 1.64. The number of nitrogens with zero attached hydrogens (tertiary/aromatic N) is 1. The first-order chi connectivity index (χ1) is 16.9. The van der Waals surface area contributed by atoms with Gasteiger partial charge in [-0.05, 0) is 38.0 Å². The van der Waals surface area contributed by atoms with Gasteiger partial charge in [0, 0.05) is 18.2 Å². The third kappa shape index (κ3) is 7.20. The van der Waals surface area contributed by atoms with Crippen LogP contribution in [0.25, 0.3) is 0 Å². The van der Waals surface area contributed by atoms with Gasteiger partial charge >= 0.3 is 5.97 Å². The number of hydrogen-bond acceptors (Lipinski definition) is 7. The van der Waals surface area contributed by atoms with Gasteiger partial charge in [0.05, 0.1) is 13.7 Å². The monoisotopic (exact) mass is 478 g/mol. The zero-order valence-electron chi connectivity index (χ0n) is 20.0. The van der Waals surface area contributed by atoms with Crippen LogP contribution in [0.2, 0.25) is 0 Å². The lowest BCUT2D eigenvalue weighted by atomic mass is 9.95. The van der Waals surface area contributed by atoms with E-state index in [1.165, 1.54) is 26.3 Å². The van der Waals surface area contributed by atoms with Crippen LogP contribution in [-0.4, -0.2) is 47.8 Å². The molecule has 8 heteroatoms. The summed E-state index contributed by atoms with van der Waals surface area (Å²) in [7, 11) is 1.37. The largest absolute Gasteiger partial charge is 0.503 e. The van der Waals surface area contributed by atoms with E-state index in [4.69, 9.17) is 14.2 Å². The van der Waals surface area contributed by atoms with Crippen LogP contribution >= 0.6 is 0 Å². The van der Waals surface area contributed by atoms with Gasteiger partial charge in [-0.25, -0.2) is 9.78 Å². The Morgan fingerprint density at radius 2 is 1.66 bits per heavy atom. The van der Waals surface area contributed by atoms with Crippen LogP contribution in [-0.2, 0) is 16.0 Å². The SMILES string of the molecule is COc1ccnc(C(=O)N[C@@H](C)C(=O)OC(C)C(COc2ccccc2)Cc2ccccc2)c1O. The van der Waals surface area contributed by atoms with E-state index in [1.54, 1.807) is 0 Å². The summed E-state index contributed by atoms with van der Waals surface area (Å²) < 4.78 is 16.7. The topological polar surface area (TPSA) is 107 Å². The molecule has 0 aliphatic rings. The molecule has 0 spiro atoms. The molecule has 184 valence electrons. The maximum atomic E-state index is 12.8. The Labute approximate surface area is 204 Å². The minimum absolute atomic E-state index is 0.108. The summed E-state index contributed by atoms with van der Waals surface area (Å²) in [5.41, 5.74) is 0.855. The molecule has 0 bridgehead atoms. The second-order valence-electron chi connectivity index (χ2n) is 8.12. The molecule has 0 aliphatic carbocycles. The summed E-state index contributed by atoms with van der Waals surface area (Å²) in [6, 6.07) is 19.8. The molecule has 1 amide bonds. The van der Waals surface area contributed by atoms with Crippen LogP contribution in [0.15, 0.2) is 72.9 Å². The minimum atomic E-state index is -0.968. The molecular formula is C27H30N2O6. The number of esters is 1. The Morgan fingerprint density at radius 3 is 2.31 bits per heavy atom. The van der Waals surface area contributed by atoms with Gasteiger partial charge in [0.2, 0.25) is 0 Å². The van der Waals surface area contributed by atoms with Crippen molar-refractivity contribution in [3.05, 3.63) is 84.2 Å². The predicted octanol–water partition coefficient (Wildman–Crippen LogP) is 3.78. The summed E-state index contributed by atoms with van der Waals surface area (Å²) in [6.45, 7) is 3.66. The lowest BCUT2D eigenvalue weighted by Gasteiger charge is -2.26. The molecule has 0 saturated carbocycles. The molecule has 3 rings (SSSR count). The second kappa shape index (κ2) is 12.4. The molecule has 3 aromatic rings. The average Bonchev–Trinajstić information content (AvgIpc) is 2.87. The molecule has 1 aromatic heterocycles. The Hall–Kier alpha value is -4.07. The van der Waals surface area contributed by atoms with E-state index < -0.39 is 29.8 Å². The molecule has 0 saturated heterocycles. The number of amides is 1. The first-order valence-corrected chi connectivity index (χ1v) is 11.3. The van der Waals surface area contributed by atoms with Gasteiger partial charge in [-0.2, -0.15) is 0 Å². The van der Waals surface area contributed by atoms with Gasteiger partial charge in [0.1, 0.15) is 17.9 Å². The third-order valence-electron chi connectivity index (χ3n) is 5.54. The van der Waals surface area contributed by atoms with E-state index in [0.717, 1.165) is 11.3 Å². The molecule has 2 aromatic carbocycles. The third-order valence-corrected chi connectivity index (χ3v) is 5.54. The fraction of sp³-hybridized carbons (Fsp3) is 0.296. The van der Waals surface area contributed by atoms with Crippen molar-refractivity contribution in [3.8, 4) is 17.2 Å². The van der Waals surface area contributed by atoms with E-state index >= 15 is 0 Å². The molecule has 2 unspecified atom stereocenters. The molecule has 0 aliphatic heterocycles. The molecule has 8 nitrogen and oxygen atoms in total. The lowest BCUT2D eigenvalue weighted by Crippen LogP contribution is -2.42. The number of benzene rings is 2. The quantitative estimate of drug-likeness (QED) is 0.404. The van der Waals surface area contributed by atoms with Gasteiger partial charge in [-0.3, -0.25) is 4.79 Å². The normalized spacial score (nSPS) is 13.2. The Kier molecular flexibility index (Phi) is 9.06. The summed E-state index contributed by atoms with van der Waals surface area (Å²) in [5.74, 6) is -1.01. The standard InChI is InChI=1S/C27H30N2O6/c1-18(29-26(31)24-25(30)23(33-3)14-15-28-24)27(32)35-19(2)21(16-20-10-6-4-7-11-20)17-34-22-12-8-5-9-13-22/h4-15,18-19,21,30H,16-17H2,1-3H3,(H,29,31)/t18-,19?,21?/m0/s1. The number of carbonyl (C=O) groups excluding carboxylic acids is 2. The average molecular weight is 479 g/mol. The number of nitrogens with one attached hydrogen (secondary N) is 1. The van der Waals surface area contributed by atoms with Crippen LogP contribution in [0, 0.1) is 5.92 Å². The van der Waals surface area contributed by atoms with E-state index in [-0.39, 0.29) is 17.4 Å². The molecule has 35 heavy (non-hydrogen) atoms. The van der Waals surface area contributed by atoms with Crippen LogP contribution in [0.4, 0.5) is 0 Å². The number of methoxy groups -OCH3 is 1. The first kappa shape index (κ1) is 25.6. The maximum Gasteiger partial charge on any atom is 0.328 e. The highest BCUT2D eigenvalue weighted by atomic mass is 16.5. The molecule has 3 atom stereocenters. The number of para-hydroxylation sites is 1. The number of aromatic nitrogens is 1. The molecule has 0 radical (unpaired) electrons. The fourth-order valence-electron chi connectivity index (χ4n) is 3.47. The summed E-state index contributed by atoms with van der Waals surface area (Å²) in [4.78, 5) is 29.2. The van der Waals surface area contributed by atoms with Crippen molar-refractivity contribution in [3.63, 3.8) is 0 Å². The van der Waals surface area contributed by atoms with Crippen molar-refractivity contribution in [2.75, 3.05) is 13.7 Å². The lowest BCUT2D eigenvalue weighted by molar-refractivity contribution is -0.153. The molecule has 1 heterocycles. The number of pyridine rings is 1. The van der Waals surface area contributed by atoms with Crippen LogP contribution in [0.3, 0.4) is 0 Å². The molecule has 0 fully saturated rings. The number of rotatable bonds is 11. The van der Waals surface area contributed by atoms with E-state index in [1.807, 2.05) is 67.6 Å².